The van der Waals surface area contributed by atoms with Crippen LogP contribution in [0.2, 0.25) is 5.02 Å². The van der Waals surface area contributed by atoms with Crippen molar-refractivity contribution in [3.8, 4) is 0 Å². The number of hydrogen-bond acceptors (Lipinski definition) is 5. The van der Waals surface area contributed by atoms with Gasteiger partial charge in [0.15, 0.2) is 11.2 Å². The van der Waals surface area contributed by atoms with E-state index in [4.69, 9.17) is 11.6 Å². The lowest BCUT2D eigenvalue weighted by Crippen LogP contribution is -2.03. The van der Waals surface area contributed by atoms with Crippen LogP contribution in [0.4, 0.5) is 0 Å². The van der Waals surface area contributed by atoms with Crippen LogP contribution in [0.25, 0.3) is 11.2 Å². The zero-order valence-electron chi connectivity index (χ0n) is 14.1. The van der Waals surface area contributed by atoms with Crippen LogP contribution in [0.3, 0.4) is 0 Å². The summed E-state index contributed by atoms with van der Waals surface area (Å²) in [6.07, 6.45) is 1.57. The highest BCUT2D eigenvalue weighted by Gasteiger charge is 2.12. The molecule has 0 spiro atoms. The van der Waals surface area contributed by atoms with E-state index in [2.05, 4.69) is 51.5 Å². The predicted octanol–water partition coefficient (Wildman–Crippen LogP) is 4.52. The Kier molecular flexibility index (Phi) is 4.86. The summed E-state index contributed by atoms with van der Waals surface area (Å²) >= 11 is 7.66. The number of thioether (sulfide) groups is 1. The van der Waals surface area contributed by atoms with Gasteiger partial charge in [-0.1, -0.05) is 70.5 Å². The van der Waals surface area contributed by atoms with Gasteiger partial charge < -0.3 is 0 Å². The first-order chi connectivity index (χ1) is 12.7. The maximum absolute atomic E-state index is 6.05. The predicted molar refractivity (Wildman–Crippen MR) is 104 cm³/mol. The summed E-state index contributed by atoms with van der Waals surface area (Å²) in [4.78, 5) is 8.76. The first-order valence-corrected chi connectivity index (χ1v) is 9.52. The fraction of sp³-hybridized carbons (Fsp3) is 0.158. The van der Waals surface area contributed by atoms with Crippen molar-refractivity contribution >= 4 is 34.5 Å². The minimum Gasteiger partial charge on any atom is -0.227 e. The molecule has 4 rings (SSSR count). The molecule has 0 saturated carbocycles. The quantitative estimate of drug-likeness (QED) is 0.375. The Morgan fingerprint density at radius 2 is 1.88 bits per heavy atom. The van der Waals surface area contributed by atoms with Crippen molar-refractivity contribution in [3.63, 3.8) is 0 Å². The highest BCUT2D eigenvalue weighted by atomic mass is 35.5. The summed E-state index contributed by atoms with van der Waals surface area (Å²) < 4.78 is 1.81. The van der Waals surface area contributed by atoms with Crippen LogP contribution in [-0.2, 0) is 12.3 Å². The van der Waals surface area contributed by atoms with Crippen molar-refractivity contribution in [2.75, 3.05) is 0 Å². The van der Waals surface area contributed by atoms with Gasteiger partial charge in [-0.15, -0.1) is 5.10 Å². The van der Waals surface area contributed by atoms with E-state index in [1.165, 1.54) is 5.56 Å². The van der Waals surface area contributed by atoms with Gasteiger partial charge in [-0.25, -0.2) is 14.6 Å². The van der Waals surface area contributed by atoms with Gasteiger partial charge in [0.25, 0.3) is 0 Å². The summed E-state index contributed by atoms with van der Waals surface area (Å²) in [6.45, 7) is 2.71. The monoisotopic (exact) mass is 381 g/mol. The molecule has 0 unspecified atom stereocenters. The Hall–Kier alpha value is -2.44. The third-order valence-corrected chi connectivity index (χ3v) is 5.27. The van der Waals surface area contributed by atoms with E-state index in [-0.39, 0.29) is 0 Å². The Balaban J connectivity index is 1.57. The first-order valence-electron chi connectivity index (χ1n) is 8.16. The maximum atomic E-state index is 6.05. The Labute approximate surface area is 160 Å². The van der Waals surface area contributed by atoms with Crippen LogP contribution in [0.5, 0.6) is 0 Å². The molecule has 0 fully saturated rings. The van der Waals surface area contributed by atoms with E-state index in [1.54, 1.807) is 18.1 Å². The molecule has 4 aromatic rings. The Morgan fingerprint density at radius 3 is 2.69 bits per heavy atom. The van der Waals surface area contributed by atoms with Crippen molar-refractivity contribution in [2.45, 2.75) is 24.2 Å². The maximum Gasteiger partial charge on any atom is 0.183 e. The lowest BCUT2D eigenvalue weighted by atomic mass is 10.1. The second kappa shape index (κ2) is 7.43. The van der Waals surface area contributed by atoms with Crippen molar-refractivity contribution in [1.29, 1.82) is 0 Å². The van der Waals surface area contributed by atoms with Crippen molar-refractivity contribution in [3.05, 3.63) is 76.6 Å². The molecule has 0 N–H and O–H groups in total. The molecule has 7 heteroatoms. The van der Waals surface area contributed by atoms with E-state index in [9.17, 15) is 0 Å². The van der Waals surface area contributed by atoms with Crippen LogP contribution in [0.1, 0.15) is 16.7 Å². The number of aromatic nitrogens is 5. The van der Waals surface area contributed by atoms with Gasteiger partial charge in [0.05, 0.1) is 6.54 Å². The smallest absolute Gasteiger partial charge is 0.183 e. The fourth-order valence-electron chi connectivity index (χ4n) is 2.63. The van der Waals surface area contributed by atoms with E-state index in [0.29, 0.717) is 6.54 Å². The average Bonchev–Trinajstić information content (AvgIpc) is 3.05. The first kappa shape index (κ1) is 17.0. The van der Waals surface area contributed by atoms with Crippen LogP contribution >= 0.6 is 23.4 Å². The zero-order valence-corrected chi connectivity index (χ0v) is 15.7. The van der Waals surface area contributed by atoms with E-state index in [1.807, 2.05) is 28.9 Å². The third kappa shape index (κ3) is 3.71. The largest absolute Gasteiger partial charge is 0.227 e. The second-order valence-corrected chi connectivity index (χ2v) is 7.40. The topological polar surface area (TPSA) is 56.5 Å². The molecule has 0 amide bonds. The third-order valence-electron chi connectivity index (χ3n) is 3.98. The minimum atomic E-state index is 0.631. The molecule has 0 atom stereocenters. The molecule has 0 aliphatic rings. The van der Waals surface area contributed by atoms with Crippen LogP contribution in [-0.4, -0.2) is 25.0 Å². The molecule has 0 aliphatic heterocycles. The highest BCUT2D eigenvalue weighted by Crippen LogP contribution is 2.27. The van der Waals surface area contributed by atoms with Gasteiger partial charge in [-0.2, -0.15) is 0 Å². The summed E-state index contributed by atoms with van der Waals surface area (Å²) in [5.74, 6) is 0.761. The number of rotatable bonds is 5. The summed E-state index contributed by atoms with van der Waals surface area (Å²) in [5, 5.41) is 10.1. The second-order valence-electron chi connectivity index (χ2n) is 6.00. The molecular formula is C19H16ClN5S. The summed E-state index contributed by atoms with van der Waals surface area (Å²) in [5.41, 5.74) is 5.01. The highest BCUT2D eigenvalue weighted by molar-refractivity contribution is 7.98. The summed E-state index contributed by atoms with van der Waals surface area (Å²) in [6, 6.07) is 16.2. The lowest BCUT2D eigenvalue weighted by molar-refractivity contribution is 0.664. The SMILES string of the molecule is Cc1ccc(Cn2nnc3c(SCc4cccc(Cl)c4)ncnc32)cc1. The van der Waals surface area contributed by atoms with Gasteiger partial charge in [0.1, 0.15) is 11.4 Å². The van der Waals surface area contributed by atoms with Gasteiger partial charge in [0, 0.05) is 10.8 Å². The Bertz CT molecular complexity index is 1050. The zero-order chi connectivity index (χ0) is 17.9. The normalized spacial score (nSPS) is 11.2. The van der Waals surface area contributed by atoms with Gasteiger partial charge in [-0.3, -0.25) is 0 Å². The van der Waals surface area contributed by atoms with Gasteiger partial charge in [-0.05, 0) is 30.2 Å². The fourth-order valence-corrected chi connectivity index (χ4v) is 3.71. The van der Waals surface area contributed by atoms with E-state index >= 15 is 0 Å². The van der Waals surface area contributed by atoms with Crippen molar-refractivity contribution < 1.29 is 0 Å². The van der Waals surface area contributed by atoms with Crippen LogP contribution in [0, 0.1) is 6.92 Å². The number of benzene rings is 2. The number of aryl methyl sites for hydroxylation is 1. The molecule has 2 aromatic heterocycles. The van der Waals surface area contributed by atoms with E-state index in [0.717, 1.165) is 38.1 Å². The molecule has 26 heavy (non-hydrogen) atoms. The number of halogens is 1. The Morgan fingerprint density at radius 1 is 1.04 bits per heavy atom. The van der Waals surface area contributed by atoms with Crippen molar-refractivity contribution in [1.82, 2.24) is 25.0 Å². The van der Waals surface area contributed by atoms with Gasteiger partial charge in [0.2, 0.25) is 0 Å². The molecular weight excluding hydrogens is 366 g/mol. The minimum absolute atomic E-state index is 0.631. The summed E-state index contributed by atoms with van der Waals surface area (Å²) in [7, 11) is 0. The number of hydrogen-bond donors (Lipinski definition) is 0. The number of fused-ring (bicyclic) bond motifs is 1. The molecule has 0 radical (unpaired) electrons. The average molecular weight is 382 g/mol. The number of nitrogens with zero attached hydrogens (tertiary/aromatic N) is 5. The van der Waals surface area contributed by atoms with Crippen molar-refractivity contribution in [2.24, 2.45) is 0 Å². The van der Waals surface area contributed by atoms with E-state index < -0.39 is 0 Å². The van der Waals surface area contributed by atoms with Crippen LogP contribution in [0.15, 0.2) is 59.9 Å². The molecule has 130 valence electrons. The molecule has 0 aliphatic carbocycles. The molecule has 0 bridgehead atoms. The standard InChI is InChI=1S/C19H16ClN5S/c1-13-5-7-14(8-6-13)10-25-18-17(23-24-25)19(22-12-21-18)26-11-15-3-2-4-16(20)9-15/h2-9,12H,10-11H2,1H3. The van der Waals surface area contributed by atoms with Crippen LogP contribution < -0.4 is 0 Å². The molecule has 2 heterocycles. The lowest BCUT2D eigenvalue weighted by Gasteiger charge is -2.04. The molecule has 5 nitrogen and oxygen atoms in total. The molecule has 0 saturated heterocycles. The van der Waals surface area contributed by atoms with Gasteiger partial charge >= 0.3 is 0 Å². The molecule has 2 aromatic carbocycles.